The van der Waals surface area contributed by atoms with Gasteiger partial charge in [0.05, 0.1) is 37.3 Å². The first-order valence-electron chi connectivity index (χ1n) is 12.4. The number of anilines is 1. The molecule has 1 aliphatic heterocycles. The van der Waals surface area contributed by atoms with E-state index in [0.717, 1.165) is 50.0 Å². The van der Waals surface area contributed by atoms with Gasteiger partial charge >= 0.3 is 0 Å². The van der Waals surface area contributed by atoms with Crippen LogP contribution in [0.25, 0.3) is 11.3 Å². The van der Waals surface area contributed by atoms with Crippen molar-refractivity contribution in [3.8, 4) is 11.3 Å². The largest absolute Gasteiger partial charge is 0.501 e. The Morgan fingerprint density at radius 1 is 1.20 bits per heavy atom. The van der Waals surface area contributed by atoms with E-state index >= 15 is 0 Å². The van der Waals surface area contributed by atoms with Crippen LogP contribution in [0.15, 0.2) is 54.1 Å². The first-order valence-corrected chi connectivity index (χ1v) is 12.4. The topological polar surface area (TPSA) is 67.8 Å². The summed E-state index contributed by atoms with van der Waals surface area (Å²) < 4.78 is 25.9. The number of benzene rings is 1. The van der Waals surface area contributed by atoms with E-state index in [1.807, 2.05) is 15.9 Å². The van der Waals surface area contributed by atoms with Crippen molar-refractivity contribution in [3.63, 3.8) is 0 Å². The van der Waals surface area contributed by atoms with Gasteiger partial charge in [0.15, 0.2) is 0 Å². The first kappa shape index (κ1) is 23.5. The lowest BCUT2D eigenvalue weighted by Crippen LogP contribution is -2.39. The summed E-state index contributed by atoms with van der Waals surface area (Å²) in [5, 5.41) is 0. The predicted octanol–water partition coefficient (Wildman–Crippen LogP) is 4.71. The highest BCUT2D eigenvalue weighted by molar-refractivity contribution is 6.01. The third-order valence-corrected chi connectivity index (χ3v) is 6.93. The van der Waals surface area contributed by atoms with E-state index in [0.29, 0.717) is 49.1 Å². The van der Waals surface area contributed by atoms with Gasteiger partial charge in [-0.25, -0.2) is 14.4 Å². The van der Waals surface area contributed by atoms with Crippen LogP contribution in [0.3, 0.4) is 0 Å². The molecule has 184 valence electrons. The van der Waals surface area contributed by atoms with Crippen LogP contribution in [-0.4, -0.2) is 60.2 Å². The highest BCUT2D eigenvalue weighted by Crippen LogP contribution is 2.34. The first-order chi connectivity index (χ1) is 17.2. The van der Waals surface area contributed by atoms with E-state index in [4.69, 9.17) is 14.5 Å². The van der Waals surface area contributed by atoms with E-state index in [9.17, 15) is 9.18 Å². The minimum Gasteiger partial charge on any atom is -0.501 e. The summed E-state index contributed by atoms with van der Waals surface area (Å²) in [7, 11) is 1.66. The Kier molecular flexibility index (Phi) is 7.08. The summed E-state index contributed by atoms with van der Waals surface area (Å²) in [6.45, 7) is 2.46. The average molecular weight is 479 g/mol. The molecular formula is C27H31FN4O3. The summed E-state index contributed by atoms with van der Waals surface area (Å²) in [6.07, 6.45) is 11.2. The minimum absolute atomic E-state index is 0.0774. The van der Waals surface area contributed by atoms with E-state index < -0.39 is 5.82 Å². The molecule has 1 amide bonds. The Morgan fingerprint density at radius 2 is 1.97 bits per heavy atom. The fraction of sp³-hybridized carbons (Fsp3) is 0.444. The third-order valence-electron chi connectivity index (χ3n) is 6.93. The number of methoxy groups -OCH3 is 1. The van der Waals surface area contributed by atoms with Crippen molar-refractivity contribution in [2.75, 3.05) is 38.3 Å². The van der Waals surface area contributed by atoms with Crippen LogP contribution in [0.5, 0.6) is 0 Å². The predicted molar refractivity (Wildman–Crippen MR) is 131 cm³/mol. The molecule has 5 rings (SSSR count). The van der Waals surface area contributed by atoms with Crippen LogP contribution >= 0.6 is 0 Å². The van der Waals surface area contributed by atoms with Gasteiger partial charge in [-0.2, -0.15) is 0 Å². The van der Waals surface area contributed by atoms with Crippen molar-refractivity contribution in [2.45, 2.75) is 44.6 Å². The Hall–Kier alpha value is -3.26. The van der Waals surface area contributed by atoms with E-state index in [2.05, 4.69) is 11.1 Å². The lowest BCUT2D eigenvalue weighted by Gasteiger charge is -2.32. The SMILES string of the molecule is COC1=CC(N(C(=O)c2cnc(N3CCOCC3)nc2-c2ccccc2F)C2CCCC2)=CCC1. The Morgan fingerprint density at radius 3 is 2.71 bits per heavy atom. The highest BCUT2D eigenvalue weighted by Gasteiger charge is 2.33. The van der Waals surface area contributed by atoms with Gasteiger partial charge in [0.1, 0.15) is 5.82 Å². The molecule has 7 nitrogen and oxygen atoms in total. The number of aromatic nitrogens is 2. The van der Waals surface area contributed by atoms with E-state index in [1.165, 1.54) is 6.07 Å². The Labute approximate surface area is 205 Å². The molecule has 2 aliphatic carbocycles. The molecule has 0 N–H and O–H groups in total. The van der Waals surface area contributed by atoms with Gasteiger partial charge in [0.2, 0.25) is 5.95 Å². The number of allylic oxidation sites excluding steroid dienone is 3. The second-order valence-corrected chi connectivity index (χ2v) is 9.11. The quantitative estimate of drug-likeness (QED) is 0.599. The molecule has 35 heavy (non-hydrogen) atoms. The molecule has 0 spiro atoms. The molecule has 2 aromatic rings. The van der Waals surface area contributed by atoms with Gasteiger partial charge in [-0.3, -0.25) is 4.79 Å². The minimum atomic E-state index is -0.418. The van der Waals surface area contributed by atoms with Gasteiger partial charge in [-0.05, 0) is 37.5 Å². The lowest BCUT2D eigenvalue weighted by atomic mass is 10.0. The second kappa shape index (κ2) is 10.6. The van der Waals surface area contributed by atoms with Crippen molar-refractivity contribution in [1.82, 2.24) is 14.9 Å². The van der Waals surface area contributed by atoms with Crippen LogP contribution in [0.4, 0.5) is 10.3 Å². The Balaban J connectivity index is 1.59. The molecule has 3 aliphatic rings. The number of halogens is 1. The van der Waals surface area contributed by atoms with Crippen LogP contribution in [0, 0.1) is 5.82 Å². The maximum atomic E-state index is 15.0. The molecule has 8 heteroatoms. The molecule has 1 aromatic heterocycles. The monoisotopic (exact) mass is 478 g/mol. The third kappa shape index (κ3) is 4.93. The van der Waals surface area contributed by atoms with Gasteiger partial charge in [0.25, 0.3) is 5.91 Å². The molecule has 2 fully saturated rings. The maximum absolute atomic E-state index is 15.0. The van der Waals surface area contributed by atoms with Crippen LogP contribution in [0.2, 0.25) is 0 Å². The summed E-state index contributed by atoms with van der Waals surface area (Å²) in [5.41, 5.74) is 1.75. The summed E-state index contributed by atoms with van der Waals surface area (Å²) in [6, 6.07) is 6.54. The molecule has 1 saturated heterocycles. The Bertz CT molecular complexity index is 1140. The second-order valence-electron chi connectivity index (χ2n) is 9.11. The number of carbonyl (C=O) groups excluding carboxylic acids is 1. The van der Waals surface area contributed by atoms with Crippen molar-refractivity contribution in [2.24, 2.45) is 0 Å². The summed E-state index contributed by atoms with van der Waals surface area (Å²) in [5.74, 6) is 0.711. The van der Waals surface area contributed by atoms with Crippen LogP contribution in [0.1, 0.15) is 48.9 Å². The molecule has 2 heterocycles. The fourth-order valence-electron chi connectivity index (χ4n) is 5.08. The summed E-state index contributed by atoms with van der Waals surface area (Å²) in [4.78, 5) is 27.4. The molecule has 0 atom stereocenters. The standard InChI is InChI=1S/C27H31FN4O3/c1-34-21-10-6-9-20(17-21)32(19-7-2-3-8-19)26(33)23-18-29-27(31-13-15-35-16-14-31)30-25(23)22-11-4-5-12-24(22)28/h4-5,9,11-12,17-19H,2-3,6-8,10,13-16H2,1H3. The number of hydrogen-bond donors (Lipinski definition) is 0. The number of carbonyl (C=O) groups is 1. The number of rotatable bonds is 6. The normalized spacial score (nSPS) is 18.7. The zero-order valence-corrected chi connectivity index (χ0v) is 20.1. The average Bonchev–Trinajstić information content (AvgIpc) is 3.44. The summed E-state index contributed by atoms with van der Waals surface area (Å²) >= 11 is 0. The van der Waals surface area contributed by atoms with Crippen molar-refractivity contribution < 1.29 is 18.7 Å². The molecule has 0 unspecified atom stereocenters. The van der Waals surface area contributed by atoms with E-state index in [-0.39, 0.29) is 11.9 Å². The van der Waals surface area contributed by atoms with Crippen LogP contribution < -0.4 is 4.90 Å². The number of amides is 1. The lowest BCUT2D eigenvalue weighted by molar-refractivity contribution is 0.0753. The maximum Gasteiger partial charge on any atom is 0.262 e. The zero-order chi connectivity index (χ0) is 24.2. The van der Waals surface area contributed by atoms with E-state index in [1.54, 1.807) is 31.5 Å². The van der Waals surface area contributed by atoms with Crippen molar-refractivity contribution in [1.29, 1.82) is 0 Å². The zero-order valence-electron chi connectivity index (χ0n) is 20.1. The number of morpholine rings is 1. The molecule has 0 bridgehead atoms. The van der Waals surface area contributed by atoms with Crippen molar-refractivity contribution in [3.05, 3.63) is 65.5 Å². The van der Waals surface area contributed by atoms with Gasteiger partial charge in [-0.15, -0.1) is 0 Å². The smallest absolute Gasteiger partial charge is 0.262 e. The highest BCUT2D eigenvalue weighted by atomic mass is 19.1. The number of nitrogens with zero attached hydrogens (tertiary/aromatic N) is 4. The van der Waals surface area contributed by atoms with Gasteiger partial charge in [0, 0.05) is 43.0 Å². The van der Waals surface area contributed by atoms with Crippen LogP contribution in [-0.2, 0) is 9.47 Å². The van der Waals surface area contributed by atoms with Crippen molar-refractivity contribution >= 4 is 11.9 Å². The molecule has 1 saturated carbocycles. The molecule has 0 radical (unpaired) electrons. The molecule has 1 aromatic carbocycles. The number of ether oxygens (including phenoxy) is 2. The number of hydrogen-bond acceptors (Lipinski definition) is 6. The van der Waals surface area contributed by atoms with Gasteiger partial charge in [-0.1, -0.05) is 31.1 Å². The van der Waals surface area contributed by atoms with Gasteiger partial charge < -0.3 is 19.3 Å². The fourth-order valence-corrected chi connectivity index (χ4v) is 5.08. The molecular weight excluding hydrogens is 447 g/mol.